The van der Waals surface area contributed by atoms with E-state index in [9.17, 15) is 4.79 Å². The smallest absolute Gasteiger partial charge is 0.255 e. The Balaban J connectivity index is 1.44. The van der Waals surface area contributed by atoms with Gasteiger partial charge in [0.2, 0.25) is 0 Å². The summed E-state index contributed by atoms with van der Waals surface area (Å²) < 4.78 is 5.63. The van der Waals surface area contributed by atoms with Crippen molar-refractivity contribution in [3.63, 3.8) is 0 Å². The normalized spacial score (nSPS) is 21.4. The zero-order chi connectivity index (χ0) is 16.7. The third kappa shape index (κ3) is 2.54. The number of fused-ring (bicyclic) bond motifs is 2. The van der Waals surface area contributed by atoms with Gasteiger partial charge in [-0.3, -0.25) is 9.69 Å². The van der Waals surface area contributed by atoms with Crippen LogP contribution in [0.5, 0.6) is 5.75 Å². The van der Waals surface area contributed by atoms with E-state index < -0.39 is 0 Å². The number of carbonyl (C=O) groups is 1. The van der Waals surface area contributed by atoms with Crippen LogP contribution < -0.4 is 15.8 Å². The van der Waals surface area contributed by atoms with Gasteiger partial charge in [-0.2, -0.15) is 0 Å². The number of anilines is 1. The van der Waals surface area contributed by atoms with Crippen LogP contribution in [0.15, 0.2) is 6.07 Å². The second-order valence-electron chi connectivity index (χ2n) is 7.15. The fraction of sp³-hybridized carbons (Fsp3) is 0.611. The van der Waals surface area contributed by atoms with Crippen LogP contribution in [0.3, 0.4) is 0 Å². The molecule has 0 atom stereocenters. The van der Waals surface area contributed by atoms with Gasteiger partial charge in [-0.15, -0.1) is 0 Å². The minimum Gasteiger partial charge on any atom is -0.492 e. The number of rotatable bonds is 4. The van der Waals surface area contributed by atoms with Gasteiger partial charge in [-0.25, -0.2) is 0 Å². The van der Waals surface area contributed by atoms with E-state index in [1.54, 1.807) is 6.07 Å². The second-order valence-corrected chi connectivity index (χ2v) is 7.56. The summed E-state index contributed by atoms with van der Waals surface area (Å²) in [6, 6.07) is 1.63. The average Bonchev–Trinajstić information content (AvgIpc) is 3.25. The Morgan fingerprint density at radius 1 is 1.38 bits per heavy atom. The predicted molar refractivity (Wildman–Crippen MR) is 94.8 cm³/mol. The lowest BCUT2D eigenvalue weighted by atomic mass is 9.90. The van der Waals surface area contributed by atoms with E-state index >= 15 is 0 Å². The lowest BCUT2D eigenvalue weighted by Gasteiger charge is -2.32. The van der Waals surface area contributed by atoms with E-state index in [1.807, 2.05) is 0 Å². The molecule has 2 saturated heterocycles. The number of hydrogen-bond acceptors (Lipinski definition) is 4. The highest BCUT2D eigenvalue weighted by molar-refractivity contribution is 6.33. The Kier molecular flexibility index (Phi) is 4.09. The maximum Gasteiger partial charge on any atom is 0.255 e. The van der Waals surface area contributed by atoms with Gasteiger partial charge in [0.1, 0.15) is 5.75 Å². The van der Waals surface area contributed by atoms with Crippen molar-refractivity contribution in [2.75, 3.05) is 32.0 Å². The number of carbonyl (C=O) groups excluding carboxylic acids is 1. The molecule has 5 nitrogen and oxygen atoms in total. The number of nitrogens with two attached hydrogens (primary N) is 1. The molecule has 1 aromatic rings. The minimum atomic E-state index is -0.117. The molecule has 0 saturated carbocycles. The summed E-state index contributed by atoms with van der Waals surface area (Å²) in [7, 11) is 0. The molecule has 4 rings (SSSR count). The lowest BCUT2D eigenvalue weighted by Crippen LogP contribution is -2.41. The third-order valence-corrected chi connectivity index (χ3v) is 6.22. The van der Waals surface area contributed by atoms with Gasteiger partial charge in [0.15, 0.2) is 0 Å². The molecule has 3 heterocycles. The summed E-state index contributed by atoms with van der Waals surface area (Å²) in [6.45, 7) is 3.66. The van der Waals surface area contributed by atoms with Gasteiger partial charge in [0.05, 0.1) is 22.9 Å². The van der Waals surface area contributed by atoms with E-state index in [-0.39, 0.29) is 5.91 Å². The fourth-order valence-electron chi connectivity index (χ4n) is 4.67. The van der Waals surface area contributed by atoms with Crippen molar-refractivity contribution in [2.45, 2.75) is 44.1 Å². The maximum atomic E-state index is 12.6. The first kappa shape index (κ1) is 16.0. The van der Waals surface area contributed by atoms with Crippen LogP contribution in [0.25, 0.3) is 0 Å². The summed E-state index contributed by atoms with van der Waals surface area (Å²) in [5.74, 6) is 0.491. The first-order valence-electron chi connectivity index (χ1n) is 8.88. The van der Waals surface area contributed by atoms with Gasteiger partial charge in [0, 0.05) is 24.1 Å². The first-order chi connectivity index (χ1) is 11.6. The van der Waals surface area contributed by atoms with Crippen LogP contribution in [0.1, 0.15) is 48.0 Å². The number of amides is 1. The Morgan fingerprint density at radius 2 is 2.12 bits per heavy atom. The predicted octanol–water partition coefficient (Wildman–Crippen LogP) is 2.61. The third-order valence-electron chi connectivity index (χ3n) is 5.90. The van der Waals surface area contributed by atoms with E-state index in [4.69, 9.17) is 22.1 Å². The van der Waals surface area contributed by atoms with Crippen LogP contribution in [-0.4, -0.2) is 42.6 Å². The lowest BCUT2D eigenvalue weighted by molar-refractivity contribution is 0.0939. The van der Waals surface area contributed by atoms with E-state index in [0.717, 1.165) is 12.0 Å². The zero-order valence-corrected chi connectivity index (χ0v) is 14.6. The monoisotopic (exact) mass is 349 g/mol. The zero-order valence-electron chi connectivity index (χ0n) is 13.9. The summed E-state index contributed by atoms with van der Waals surface area (Å²) in [5, 5.41) is 3.50. The molecule has 0 aromatic heterocycles. The van der Waals surface area contributed by atoms with Crippen LogP contribution in [0, 0.1) is 0 Å². The molecule has 24 heavy (non-hydrogen) atoms. The number of nitrogen functional groups attached to an aromatic ring is 1. The topological polar surface area (TPSA) is 67.6 Å². The standard InChI is InChI=1S/C18H24ClN3O2/c19-14-11-13(16-12(15(14)20)3-10-24-16)17(23)21-7-6-18-4-1-8-22(18)9-2-5-18/h11H,1-10,20H2,(H,21,23). The largest absolute Gasteiger partial charge is 0.492 e. The number of ether oxygens (including phenoxy) is 1. The number of benzene rings is 1. The minimum absolute atomic E-state index is 0.117. The summed E-state index contributed by atoms with van der Waals surface area (Å²) >= 11 is 6.18. The molecule has 6 heteroatoms. The van der Waals surface area contributed by atoms with E-state index in [1.165, 1.54) is 38.8 Å². The Labute approximate surface area is 147 Å². The van der Waals surface area contributed by atoms with Gasteiger partial charge in [-0.05, 0) is 51.3 Å². The molecular formula is C18H24ClN3O2. The molecule has 0 unspecified atom stereocenters. The van der Waals surface area contributed by atoms with Gasteiger partial charge in [-0.1, -0.05) is 11.6 Å². The molecule has 2 fully saturated rings. The highest BCUT2D eigenvalue weighted by Gasteiger charge is 2.43. The van der Waals surface area contributed by atoms with E-state index in [2.05, 4.69) is 10.2 Å². The molecule has 3 aliphatic rings. The molecule has 0 spiro atoms. The van der Waals surface area contributed by atoms with Crippen molar-refractivity contribution in [1.29, 1.82) is 0 Å². The Morgan fingerprint density at radius 3 is 2.88 bits per heavy atom. The summed E-state index contributed by atoms with van der Waals surface area (Å²) in [4.78, 5) is 15.2. The van der Waals surface area contributed by atoms with Crippen molar-refractivity contribution < 1.29 is 9.53 Å². The van der Waals surface area contributed by atoms with Crippen molar-refractivity contribution in [3.05, 3.63) is 22.2 Å². The first-order valence-corrected chi connectivity index (χ1v) is 9.25. The highest BCUT2D eigenvalue weighted by Crippen LogP contribution is 2.41. The average molecular weight is 350 g/mol. The van der Waals surface area contributed by atoms with Crippen molar-refractivity contribution in [2.24, 2.45) is 0 Å². The van der Waals surface area contributed by atoms with Gasteiger partial charge < -0.3 is 15.8 Å². The van der Waals surface area contributed by atoms with Crippen LogP contribution >= 0.6 is 11.6 Å². The quantitative estimate of drug-likeness (QED) is 0.820. The molecule has 1 aromatic carbocycles. The highest BCUT2D eigenvalue weighted by atomic mass is 35.5. The van der Waals surface area contributed by atoms with Crippen LogP contribution in [-0.2, 0) is 6.42 Å². The summed E-state index contributed by atoms with van der Waals surface area (Å²) in [6.07, 6.45) is 6.81. The Hall–Kier alpha value is -1.46. The van der Waals surface area contributed by atoms with Crippen LogP contribution in [0.2, 0.25) is 5.02 Å². The van der Waals surface area contributed by atoms with Crippen LogP contribution in [0.4, 0.5) is 5.69 Å². The number of halogens is 1. The molecule has 0 radical (unpaired) electrons. The number of hydrogen-bond donors (Lipinski definition) is 2. The van der Waals surface area contributed by atoms with E-state index in [0.29, 0.717) is 47.1 Å². The molecule has 3 N–H and O–H groups in total. The fourth-order valence-corrected chi connectivity index (χ4v) is 4.90. The molecule has 130 valence electrons. The number of nitrogens with one attached hydrogen (secondary N) is 1. The second kappa shape index (κ2) is 6.12. The van der Waals surface area contributed by atoms with Crippen molar-refractivity contribution in [1.82, 2.24) is 10.2 Å². The molecule has 0 bridgehead atoms. The molecule has 0 aliphatic carbocycles. The molecule has 1 amide bonds. The van der Waals surface area contributed by atoms with Crippen molar-refractivity contribution in [3.8, 4) is 5.75 Å². The molecule has 3 aliphatic heterocycles. The SMILES string of the molecule is Nc1c(Cl)cc(C(=O)NCCC23CCCN2CCC3)c2c1CCO2. The van der Waals surface area contributed by atoms with Gasteiger partial charge >= 0.3 is 0 Å². The van der Waals surface area contributed by atoms with Crippen molar-refractivity contribution >= 4 is 23.2 Å². The summed E-state index contributed by atoms with van der Waals surface area (Å²) in [5.41, 5.74) is 8.23. The molecular weight excluding hydrogens is 326 g/mol. The maximum absolute atomic E-state index is 12.6. The van der Waals surface area contributed by atoms with Gasteiger partial charge in [0.25, 0.3) is 5.91 Å². The number of nitrogens with zero attached hydrogens (tertiary/aromatic N) is 1. The Bertz CT molecular complexity index is 667.